The summed E-state index contributed by atoms with van der Waals surface area (Å²) in [5.41, 5.74) is 2.03. The predicted molar refractivity (Wildman–Crippen MR) is 52.4 cm³/mol. The van der Waals surface area contributed by atoms with E-state index in [9.17, 15) is 0 Å². The molecule has 0 bridgehead atoms. The zero-order chi connectivity index (χ0) is 9.31. The van der Waals surface area contributed by atoms with E-state index in [1.165, 1.54) is 5.56 Å². The lowest BCUT2D eigenvalue weighted by Gasteiger charge is -2.10. The van der Waals surface area contributed by atoms with E-state index in [4.69, 9.17) is 5.26 Å². The molecule has 1 fully saturated rings. The minimum atomic E-state index is -0.255. The topological polar surface area (TPSA) is 35.8 Å². The number of rotatable bonds is 2. The van der Waals surface area contributed by atoms with Crippen LogP contribution in [0.5, 0.6) is 0 Å². The summed E-state index contributed by atoms with van der Waals surface area (Å²) in [6, 6.07) is 10.4. The van der Waals surface area contributed by atoms with Crippen LogP contribution in [0.2, 0.25) is 0 Å². The molecular formula is C11H12N2. The van der Waals surface area contributed by atoms with E-state index >= 15 is 0 Å². The Labute approximate surface area is 78.2 Å². The molecule has 0 heterocycles. The second-order valence-corrected chi connectivity index (χ2v) is 3.68. The molecule has 0 saturated heterocycles. The van der Waals surface area contributed by atoms with Crippen molar-refractivity contribution in [3.8, 4) is 6.07 Å². The largest absolute Gasteiger partial charge is 0.367 e. The summed E-state index contributed by atoms with van der Waals surface area (Å²) >= 11 is 0. The number of hydrogen-bond acceptors (Lipinski definition) is 2. The molecule has 2 rings (SSSR count). The van der Waals surface area contributed by atoms with Crippen molar-refractivity contribution in [3.63, 3.8) is 0 Å². The molecule has 0 amide bonds. The van der Waals surface area contributed by atoms with Gasteiger partial charge in [0.15, 0.2) is 0 Å². The maximum atomic E-state index is 8.86. The van der Waals surface area contributed by atoms with Gasteiger partial charge in [-0.3, -0.25) is 0 Å². The summed E-state index contributed by atoms with van der Waals surface area (Å²) in [6.07, 6.45) is 1.94. The van der Waals surface area contributed by atoms with Crippen LogP contribution in [0, 0.1) is 18.3 Å². The molecule has 1 aromatic rings. The van der Waals surface area contributed by atoms with E-state index < -0.39 is 0 Å². The Morgan fingerprint density at radius 2 is 1.92 bits per heavy atom. The van der Waals surface area contributed by atoms with Crippen LogP contribution in [0.25, 0.3) is 0 Å². The summed E-state index contributed by atoms with van der Waals surface area (Å²) in [5.74, 6) is 0. The van der Waals surface area contributed by atoms with Crippen molar-refractivity contribution in [2.75, 3.05) is 5.32 Å². The zero-order valence-corrected chi connectivity index (χ0v) is 7.67. The van der Waals surface area contributed by atoms with E-state index in [-0.39, 0.29) is 5.54 Å². The molecule has 1 N–H and O–H groups in total. The first-order valence-electron chi connectivity index (χ1n) is 4.50. The van der Waals surface area contributed by atoms with Gasteiger partial charge in [0.05, 0.1) is 6.07 Å². The molecule has 1 aliphatic carbocycles. The highest BCUT2D eigenvalue weighted by molar-refractivity contribution is 5.51. The van der Waals surface area contributed by atoms with E-state index in [0.29, 0.717) is 0 Å². The number of hydrogen-bond donors (Lipinski definition) is 1. The van der Waals surface area contributed by atoms with Gasteiger partial charge < -0.3 is 5.32 Å². The molecule has 0 spiro atoms. The molecule has 13 heavy (non-hydrogen) atoms. The summed E-state index contributed by atoms with van der Waals surface area (Å²) in [5, 5.41) is 12.1. The number of nitrogens with one attached hydrogen (secondary N) is 1. The molecule has 2 heteroatoms. The average Bonchev–Trinajstić information content (AvgIpc) is 2.90. The Morgan fingerprint density at radius 1 is 1.31 bits per heavy atom. The fourth-order valence-corrected chi connectivity index (χ4v) is 1.30. The molecule has 1 aliphatic rings. The molecule has 0 unspecified atom stereocenters. The van der Waals surface area contributed by atoms with E-state index in [1.54, 1.807) is 0 Å². The van der Waals surface area contributed by atoms with Crippen molar-refractivity contribution in [3.05, 3.63) is 29.8 Å². The van der Waals surface area contributed by atoms with Crippen molar-refractivity contribution >= 4 is 5.69 Å². The lowest BCUT2D eigenvalue weighted by atomic mass is 10.2. The molecule has 1 saturated carbocycles. The first kappa shape index (κ1) is 8.12. The van der Waals surface area contributed by atoms with Crippen LogP contribution in [-0.4, -0.2) is 5.54 Å². The van der Waals surface area contributed by atoms with Gasteiger partial charge in [0.2, 0.25) is 0 Å². The van der Waals surface area contributed by atoms with Gasteiger partial charge in [0, 0.05) is 5.69 Å². The smallest absolute Gasteiger partial charge is 0.125 e. The Morgan fingerprint density at radius 3 is 2.38 bits per heavy atom. The minimum absolute atomic E-state index is 0.255. The van der Waals surface area contributed by atoms with Crippen molar-refractivity contribution in [1.82, 2.24) is 0 Å². The normalized spacial score (nSPS) is 17.5. The van der Waals surface area contributed by atoms with E-state index in [1.807, 2.05) is 12.1 Å². The number of nitrogens with zero attached hydrogens (tertiary/aromatic N) is 1. The lowest BCUT2D eigenvalue weighted by molar-refractivity contribution is 0.946. The van der Waals surface area contributed by atoms with Gasteiger partial charge >= 0.3 is 0 Å². The van der Waals surface area contributed by atoms with Gasteiger partial charge in [-0.2, -0.15) is 5.26 Å². The second-order valence-electron chi connectivity index (χ2n) is 3.68. The van der Waals surface area contributed by atoms with Gasteiger partial charge in [0.1, 0.15) is 5.54 Å². The van der Waals surface area contributed by atoms with Crippen molar-refractivity contribution in [2.24, 2.45) is 0 Å². The summed E-state index contributed by atoms with van der Waals surface area (Å²) < 4.78 is 0. The highest BCUT2D eigenvalue weighted by atomic mass is 15.0. The van der Waals surface area contributed by atoms with Crippen molar-refractivity contribution in [2.45, 2.75) is 25.3 Å². The zero-order valence-electron chi connectivity index (χ0n) is 7.67. The third kappa shape index (κ3) is 1.65. The van der Waals surface area contributed by atoms with Gasteiger partial charge in [-0.05, 0) is 31.9 Å². The molecular weight excluding hydrogens is 160 g/mol. The summed E-state index contributed by atoms with van der Waals surface area (Å²) in [6.45, 7) is 2.06. The Bertz CT molecular complexity index is 341. The third-order valence-corrected chi connectivity index (χ3v) is 2.40. The summed E-state index contributed by atoms with van der Waals surface area (Å²) in [7, 11) is 0. The minimum Gasteiger partial charge on any atom is -0.367 e. The number of nitriles is 1. The van der Waals surface area contributed by atoms with Gasteiger partial charge in [-0.15, -0.1) is 0 Å². The van der Waals surface area contributed by atoms with Crippen LogP contribution in [0.15, 0.2) is 24.3 Å². The van der Waals surface area contributed by atoms with Crippen LogP contribution in [0.3, 0.4) is 0 Å². The first-order chi connectivity index (χ1) is 6.24. The highest BCUT2D eigenvalue weighted by Gasteiger charge is 2.43. The van der Waals surface area contributed by atoms with Crippen LogP contribution in [0.1, 0.15) is 18.4 Å². The summed E-state index contributed by atoms with van der Waals surface area (Å²) in [4.78, 5) is 0. The van der Waals surface area contributed by atoms with Crippen LogP contribution >= 0.6 is 0 Å². The Hall–Kier alpha value is -1.49. The van der Waals surface area contributed by atoms with Crippen molar-refractivity contribution in [1.29, 1.82) is 5.26 Å². The maximum absolute atomic E-state index is 8.86. The van der Waals surface area contributed by atoms with Gasteiger partial charge in [-0.25, -0.2) is 0 Å². The second kappa shape index (κ2) is 2.77. The SMILES string of the molecule is Cc1ccc(NC2(C#N)CC2)cc1. The standard InChI is InChI=1S/C11H12N2/c1-9-2-4-10(5-3-9)13-11(8-12)6-7-11/h2-5,13H,6-7H2,1H3. The van der Waals surface area contributed by atoms with Crippen molar-refractivity contribution < 1.29 is 0 Å². The molecule has 0 aliphatic heterocycles. The fraction of sp³-hybridized carbons (Fsp3) is 0.364. The van der Waals surface area contributed by atoms with Gasteiger partial charge in [0.25, 0.3) is 0 Å². The fourth-order valence-electron chi connectivity index (χ4n) is 1.30. The first-order valence-corrected chi connectivity index (χ1v) is 4.50. The van der Waals surface area contributed by atoms with E-state index in [2.05, 4.69) is 30.4 Å². The Balaban J connectivity index is 2.11. The van der Waals surface area contributed by atoms with Crippen LogP contribution in [-0.2, 0) is 0 Å². The number of benzene rings is 1. The monoisotopic (exact) mass is 172 g/mol. The Kier molecular flexibility index (Phi) is 1.73. The molecule has 1 aromatic carbocycles. The molecule has 66 valence electrons. The molecule has 0 aromatic heterocycles. The van der Waals surface area contributed by atoms with Gasteiger partial charge in [-0.1, -0.05) is 17.7 Å². The average molecular weight is 172 g/mol. The molecule has 0 atom stereocenters. The third-order valence-electron chi connectivity index (χ3n) is 2.40. The number of anilines is 1. The van der Waals surface area contributed by atoms with Crippen LogP contribution in [0.4, 0.5) is 5.69 Å². The van der Waals surface area contributed by atoms with E-state index in [0.717, 1.165) is 18.5 Å². The predicted octanol–water partition coefficient (Wildman–Crippen LogP) is 2.46. The molecule has 0 radical (unpaired) electrons. The number of aryl methyl sites for hydroxylation is 1. The maximum Gasteiger partial charge on any atom is 0.125 e. The van der Waals surface area contributed by atoms with Crippen LogP contribution < -0.4 is 5.32 Å². The highest BCUT2D eigenvalue weighted by Crippen LogP contribution is 2.37. The lowest BCUT2D eigenvalue weighted by Crippen LogP contribution is -2.17. The molecule has 2 nitrogen and oxygen atoms in total. The quantitative estimate of drug-likeness (QED) is 0.743.